The van der Waals surface area contributed by atoms with Crippen molar-refractivity contribution in [3.63, 3.8) is 0 Å². The maximum Gasteiger partial charge on any atom is 0.449 e. The van der Waals surface area contributed by atoms with E-state index in [9.17, 15) is 18.0 Å². The van der Waals surface area contributed by atoms with Crippen molar-refractivity contribution in [3.05, 3.63) is 0 Å². The number of rotatable bonds is 2. The summed E-state index contributed by atoms with van der Waals surface area (Å²) in [4.78, 5) is 10.2. The summed E-state index contributed by atoms with van der Waals surface area (Å²) in [7, 11) is -1.09. The lowest BCUT2D eigenvalue weighted by atomic mass is 10.4. The van der Waals surface area contributed by atoms with Gasteiger partial charge in [-0.05, 0) is 0 Å². The number of ketones is 1. The molecule has 0 fully saturated rings. The molecule has 0 heterocycles. The van der Waals surface area contributed by atoms with Gasteiger partial charge >= 0.3 is 6.18 Å². The summed E-state index contributed by atoms with van der Waals surface area (Å²) < 4.78 is 34.4. The van der Waals surface area contributed by atoms with Crippen LogP contribution in [-0.2, 0) is 4.79 Å². The predicted octanol–water partition coefficient (Wildman–Crippen LogP) is 1.87. The van der Waals surface area contributed by atoms with Gasteiger partial charge in [-0.1, -0.05) is 13.1 Å². The second kappa shape index (κ2) is 3.18. The first-order valence-corrected chi connectivity index (χ1v) is 5.44. The van der Waals surface area contributed by atoms with Gasteiger partial charge in [0, 0.05) is 6.04 Å². The monoisotopic (exact) mass is 169 g/mol. The summed E-state index contributed by atoms with van der Waals surface area (Å²) in [6.45, 7) is 3.35. The Morgan fingerprint density at radius 1 is 1.40 bits per heavy atom. The molecule has 0 amide bonds. The molecular formula is C5H8F3OSi. The molecule has 0 saturated carbocycles. The number of halogens is 3. The molecule has 0 atom stereocenters. The van der Waals surface area contributed by atoms with Crippen LogP contribution in [0.3, 0.4) is 0 Å². The smallest absolute Gasteiger partial charge is 0.290 e. The van der Waals surface area contributed by atoms with Crippen LogP contribution in [0.4, 0.5) is 13.2 Å². The molecule has 1 nitrogen and oxygen atoms in total. The molecular weight excluding hydrogens is 161 g/mol. The first kappa shape index (κ1) is 9.68. The zero-order chi connectivity index (χ0) is 8.36. The summed E-state index contributed by atoms with van der Waals surface area (Å²) in [6.07, 6.45) is -4.62. The Morgan fingerprint density at radius 3 is 1.90 bits per heavy atom. The van der Waals surface area contributed by atoms with Crippen LogP contribution in [0.2, 0.25) is 19.1 Å². The average Bonchev–Trinajstić information content (AvgIpc) is 1.60. The molecule has 0 aliphatic carbocycles. The lowest BCUT2D eigenvalue weighted by Crippen LogP contribution is -2.25. The van der Waals surface area contributed by atoms with Crippen LogP contribution in [0.25, 0.3) is 0 Å². The van der Waals surface area contributed by atoms with Crippen LogP contribution in [0.1, 0.15) is 0 Å². The quantitative estimate of drug-likeness (QED) is 0.577. The molecule has 0 aromatic rings. The van der Waals surface area contributed by atoms with E-state index in [0.717, 1.165) is 0 Å². The fraction of sp³-hybridized carbons (Fsp3) is 0.800. The van der Waals surface area contributed by atoms with Crippen molar-refractivity contribution in [2.24, 2.45) is 0 Å². The standard InChI is InChI=1S/C5H8F3OSi/c1-10(2)3-4(9)5(6,7)8/h3H2,1-2H3. The van der Waals surface area contributed by atoms with Crippen LogP contribution in [0.5, 0.6) is 0 Å². The van der Waals surface area contributed by atoms with Gasteiger partial charge in [0.05, 0.1) is 8.80 Å². The zero-order valence-electron chi connectivity index (χ0n) is 5.75. The Hall–Kier alpha value is -0.323. The highest BCUT2D eigenvalue weighted by Crippen LogP contribution is 2.18. The molecule has 0 N–H and O–H groups in total. The molecule has 0 aliphatic rings. The molecule has 0 rings (SSSR count). The average molecular weight is 169 g/mol. The van der Waals surface area contributed by atoms with Crippen molar-refractivity contribution in [3.8, 4) is 0 Å². The molecule has 59 valence electrons. The number of alkyl halides is 3. The highest BCUT2D eigenvalue weighted by molar-refractivity contribution is 6.59. The minimum absolute atomic E-state index is 0.311. The van der Waals surface area contributed by atoms with Crippen LogP contribution < -0.4 is 0 Å². The third-order valence-corrected chi connectivity index (χ3v) is 1.86. The zero-order valence-corrected chi connectivity index (χ0v) is 6.75. The summed E-state index contributed by atoms with van der Waals surface area (Å²) in [5, 5.41) is 0. The van der Waals surface area contributed by atoms with Gasteiger partial charge in [-0.25, -0.2) is 0 Å². The Balaban J connectivity index is 3.87. The van der Waals surface area contributed by atoms with Gasteiger partial charge in [-0.2, -0.15) is 13.2 Å². The summed E-state index contributed by atoms with van der Waals surface area (Å²) in [5.74, 6) is -1.59. The van der Waals surface area contributed by atoms with Crippen molar-refractivity contribution < 1.29 is 18.0 Å². The normalized spacial score (nSPS) is 12.2. The van der Waals surface area contributed by atoms with E-state index in [1.165, 1.54) is 0 Å². The van der Waals surface area contributed by atoms with Gasteiger partial charge in [0.2, 0.25) is 5.78 Å². The van der Waals surface area contributed by atoms with E-state index in [1.54, 1.807) is 13.1 Å². The van der Waals surface area contributed by atoms with Gasteiger partial charge in [-0.15, -0.1) is 0 Å². The lowest BCUT2D eigenvalue weighted by molar-refractivity contribution is -0.168. The Bertz CT molecular complexity index is 129. The molecule has 0 aromatic heterocycles. The summed E-state index contributed by atoms with van der Waals surface area (Å²) >= 11 is 0. The minimum atomic E-state index is -4.62. The van der Waals surface area contributed by atoms with Crippen LogP contribution in [0, 0.1) is 0 Å². The number of hydrogen-bond acceptors (Lipinski definition) is 1. The summed E-state index contributed by atoms with van der Waals surface area (Å²) in [5.41, 5.74) is 0. The fourth-order valence-corrected chi connectivity index (χ4v) is 1.26. The molecule has 0 unspecified atom stereocenters. The van der Waals surface area contributed by atoms with E-state index < -0.39 is 20.8 Å². The Labute approximate surface area is 58.8 Å². The molecule has 0 spiro atoms. The van der Waals surface area contributed by atoms with E-state index in [4.69, 9.17) is 0 Å². The molecule has 0 aliphatic heterocycles. The van der Waals surface area contributed by atoms with E-state index in [2.05, 4.69) is 0 Å². The maximum atomic E-state index is 11.5. The van der Waals surface area contributed by atoms with Crippen molar-refractivity contribution in [1.82, 2.24) is 0 Å². The second-order valence-electron chi connectivity index (χ2n) is 2.30. The van der Waals surface area contributed by atoms with Gasteiger partial charge in [-0.3, -0.25) is 4.79 Å². The minimum Gasteiger partial charge on any atom is -0.290 e. The van der Waals surface area contributed by atoms with Crippen LogP contribution >= 0.6 is 0 Å². The van der Waals surface area contributed by atoms with E-state index in [0.29, 0.717) is 0 Å². The van der Waals surface area contributed by atoms with E-state index in [1.807, 2.05) is 0 Å². The molecule has 1 radical (unpaired) electrons. The van der Waals surface area contributed by atoms with Gasteiger partial charge < -0.3 is 0 Å². The Morgan fingerprint density at radius 2 is 1.80 bits per heavy atom. The van der Waals surface area contributed by atoms with E-state index >= 15 is 0 Å². The first-order chi connectivity index (χ1) is 4.34. The Kier molecular flexibility index (Phi) is 3.08. The van der Waals surface area contributed by atoms with Gasteiger partial charge in [0.1, 0.15) is 0 Å². The number of Topliss-reactive ketones (excluding diaryl/α,β-unsaturated/α-hetero) is 1. The molecule has 0 bridgehead atoms. The highest BCUT2D eigenvalue weighted by Gasteiger charge is 2.37. The number of hydrogen-bond donors (Lipinski definition) is 0. The first-order valence-electron chi connectivity index (χ1n) is 2.73. The van der Waals surface area contributed by atoms with Crippen molar-refractivity contribution >= 4 is 14.6 Å². The van der Waals surface area contributed by atoms with Crippen molar-refractivity contribution in [2.45, 2.75) is 25.3 Å². The highest BCUT2D eigenvalue weighted by atomic mass is 28.3. The predicted molar refractivity (Wildman–Crippen MR) is 33.4 cm³/mol. The second-order valence-corrected chi connectivity index (χ2v) is 5.07. The van der Waals surface area contributed by atoms with Crippen LogP contribution in [-0.4, -0.2) is 20.8 Å². The SMILES string of the molecule is C[Si](C)CC(=O)C(F)(F)F. The lowest BCUT2D eigenvalue weighted by Gasteiger charge is -2.04. The maximum absolute atomic E-state index is 11.5. The largest absolute Gasteiger partial charge is 0.449 e. The third kappa shape index (κ3) is 3.65. The molecule has 0 aromatic carbocycles. The van der Waals surface area contributed by atoms with Gasteiger partial charge in [0.15, 0.2) is 0 Å². The molecule has 5 heteroatoms. The number of carbonyl (C=O) groups excluding carboxylic acids is 1. The third-order valence-electron chi connectivity index (χ3n) is 0.830. The molecule has 0 saturated heterocycles. The van der Waals surface area contributed by atoms with Crippen molar-refractivity contribution in [2.75, 3.05) is 0 Å². The molecule has 10 heavy (non-hydrogen) atoms. The van der Waals surface area contributed by atoms with Gasteiger partial charge in [0.25, 0.3) is 0 Å². The van der Waals surface area contributed by atoms with Crippen LogP contribution in [0.15, 0.2) is 0 Å². The fourth-order valence-electron chi connectivity index (χ4n) is 0.421. The van der Waals surface area contributed by atoms with Crippen molar-refractivity contribution in [1.29, 1.82) is 0 Å². The number of carbonyl (C=O) groups is 1. The summed E-state index contributed by atoms with van der Waals surface area (Å²) in [6, 6.07) is -0.311. The topological polar surface area (TPSA) is 17.1 Å². The van der Waals surface area contributed by atoms with E-state index in [-0.39, 0.29) is 6.04 Å².